The summed E-state index contributed by atoms with van der Waals surface area (Å²) in [5, 5.41) is 0. The first-order valence-electron chi connectivity index (χ1n) is 7.91. The molecule has 0 saturated carbocycles. The number of hydrogen-bond donors (Lipinski definition) is 0. The molecule has 2 aromatic carbocycles. The Morgan fingerprint density at radius 3 is 2.17 bits per heavy atom. The van der Waals surface area contributed by atoms with Crippen LogP contribution in [0.5, 0.6) is 0 Å². The Morgan fingerprint density at radius 1 is 0.913 bits per heavy atom. The lowest BCUT2D eigenvalue weighted by atomic mass is 10.1. The zero-order valence-electron chi connectivity index (χ0n) is 13.6. The van der Waals surface area contributed by atoms with E-state index in [0.717, 1.165) is 13.1 Å². The summed E-state index contributed by atoms with van der Waals surface area (Å²) in [4.78, 5) is 16.6. The van der Waals surface area contributed by atoms with Crippen LogP contribution < -0.4 is 4.90 Å². The average molecular weight is 312 g/mol. The molecule has 3 rings (SSSR count). The minimum absolute atomic E-state index is 0.0234. The summed E-state index contributed by atoms with van der Waals surface area (Å²) in [5.74, 6) is -0.342. The molecule has 0 unspecified atom stereocenters. The molecule has 23 heavy (non-hydrogen) atoms. The molecule has 0 atom stereocenters. The van der Waals surface area contributed by atoms with Crippen molar-refractivity contribution in [3.63, 3.8) is 0 Å². The van der Waals surface area contributed by atoms with Crippen LogP contribution in [0.3, 0.4) is 0 Å². The highest BCUT2D eigenvalue weighted by Crippen LogP contribution is 2.21. The molecule has 0 aromatic heterocycles. The minimum atomic E-state index is -0.318. The summed E-state index contributed by atoms with van der Waals surface area (Å²) in [6, 6.07) is 12.2. The lowest BCUT2D eigenvalue weighted by Crippen LogP contribution is -2.48. The molecule has 0 aliphatic carbocycles. The minimum Gasteiger partial charge on any atom is -0.368 e. The molecule has 0 radical (unpaired) electrons. The van der Waals surface area contributed by atoms with Crippen LogP contribution in [0.15, 0.2) is 42.5 Å². The summed E-state index contributed by atoms with van der Waals surface area (Å²) in [5.41, 5.74) is 4.33. The molecule has 1 heterocycles. The van der Waals surface area contributed by atoms with Gasteiger partial charge in [-0.25, -0.2) is 4.39 Å². The predicted octanol–water partition coefficient (Wildman–Crippen LogP) is 3.40. The molecule has 120 valence electrons. The van der Waals surface area contributed by atoms with Crippen molar-refractivity contribution < 1.29 is 9.18 Å². The van der Waals surface area contributed by atoms with E-state index in [2.05, 4.69) is 36.9 Å². The molecule has 1 amide bonds. The summed E-state index contributed by atoms with van der Waals surface area (Å²) in [6.07, 6.45) is 0. The maximum Gasteiger partial charge on any atom is 0.253 e. The van der Waals surface area contributed by atoms with Gasteiger partial charge in [-0.2, -0.15) is 0 Å². The van der Waals surface area contributed by atoms with Gasteiger partial charge in [-0.1, -0.05) is 6.07 Å². The Hall–Kier alpha value is -2.36. The molecule has 0 bridgehead atoms. The van der Waals surface area contributed by atoms with Gasteiger partial charge in [0.15, 0.2) is 0 Å². The largest absolute Gasteiger partial charge is 0.368 e. The van der Waals surface area contributed by atoms with Gasteiger partial charge in [0.05, 0.1) is 0 Å². The lowest BCUT2D eigenvalue weighted by molar-refractivity contribution is 0.0746. The van der Waals surface area contributed by atoms with Gasteiger partial charge in [0, 0.05) is 37.4 Å². The van der Waals surface area contributed by atoms with Crippen molar-refractivity contribution in [1.29, 1.82) is 0 Å². The summed E-state index contributed by atoms with van der Waals surface area (Å²) in [7, 11) is 0. The number of halogens is 1. The second kappa shape index (κ2) is 6.41. The first-order valence-corrected chi connectivity index (χ1v) is 7.91. The Kier molecular flexibility index (Phi) is 4.33. The topological polar surface area (TPSA) is 23.6 Å². The highest BCUT2D eigenvalue weighted by molar-refractivity contribution is 5.94. The fourth-order valence-electron chi connectivity index (χ4n) is 2.87. The van der Waals surface area contributed by atoms with Crippen molar-refractivity contribution >= 4 is 11.6 Å². The number of benzene rings is 2. The Bertz CT molecular complexity index is 704. The number of rotatable bonds is 2. The number of carbonyl (C=O) groups is 1. The number of aryl methyl sites for hydroxylation is 2. The van der Waals surface area contributed by atoms with Gasteiger partial charge in [0.1, 0.15) is 5.82 Å². The molecule has 4 heteroatoms. The number of anilines is 1. The highest BCUT2D eigenvalue weighted by atomic mass is 19.1. The quantitative estimate of drug-likeness (QED) is 0.848. The first kappa shape index (κ1) is 15.5. The van der Waals surface area contributed by atoms with E-state index in [4.69, 9.17) is 0 Å². The highest BCUT2D eigenvalue weighted by Gasteiger charge is 2.22. The monoisotopic (exact) mass is 312 g/mol. The molecule has 0 spiro atoms. The van der Waals surface area contributed by atoms with Gasteiger partial charge >= 0.3 is 0 Å². The van der Waals surface area contributed by atoms with Gasteiger partial charge in [0.25, 0.3) is 5.91 Å². The zero-order chi connectivity index (χ0) is 16.4. The second-order valence-corrected chi connectivity index (χ2v) is 6.05. The van der Waals surface area contributed by atoms with Gasteiger partial charge in [-0.3, -0.25) is 4.79 Å². The molecule has 1 fully saturated rings. The third-order valence-electron chi connectivity index (χ3n) is 4.51. The van der Waals surface area contributed by atoms with E-state index in [1.54, 1.807) is 12.1 Å². The number of hydrogen-bond acceptors (Lipinski definition) is 2. The summed E-state index contributed by atoms with van der Waals surface area (Å²) in [6.45, 7) is 7.22. The molecular weight excluding hydrogens is 291 g/mol. The van der Waals surface area contributed by atoms with Crippen LogP contribution in [-0.4, -0.2) is 37.0 Å². The third-order valence-corrected chi connectivity index (χ3v) is 4.51. The van der Waals surface area contributed by atoms with Gasteiger partial charge in [-0.15, -0.1) is 0 Å². The normalized spacial score (nSPS) is 14.9. The average Bonchev–Trinajstić information content (AvgIpc) is 2.57. The Labute approximate surface area is 136 Å². The smallest absolute Gasteiger partial charge is 0.253 e. The van der Waals surface area contributed by atoms with Crippen molar-refractivity contribution in [2.24, 2.45) is 0 Å². The van der Waals surface area contributed by atoms with Crippen molar-refractivity contribution in [2.45, 2.75) is 13.8 Å². The number of nitrogens with zero attached hydrogens (tertiary/aromatic N) is 2. The molecule has 0 N–H and O–H groups in total. The van der Waals surface area contributed by atoms with Crippen LogP contribution in [0.1, 0.15) is 21.5 Å². The van der Waals surface area contributed by atoms with Gasteiger partial charge in [0.2, 0.25) is 0 Å². The van der Waals surface area contributed by atoms with Gasteiger partial charge < -0.3 is 9.80 Å². The SMILES string of the molecule is Cc1ccc(N2CCN(C(=O)c3ccc(F)cc3)CC2)cc1C. The summed E-state index contributed by atoms with van der Waals surface area (Å²) >= 11 is 0. The third kappa shape index (κ3) is 3.36. The molecule has 1 aliphatic rings. The van der Waals surface area contributed by atoms with Crippen molar-refractivity contribution in [3.05, 3.63) is 65.0 Å². The standard InChI is InChI=1S/C19H21FN2O/c1-14-3-8-18(13-15(14)2)21-9-11-22(12-10-21)19(23)16-4-6-17(20)7-5-16/h3-8,13H,9-12H2,1-2H3. The van der Waals surface area contributed by atoms with E-state index in [1.807, 2.05) is 4.90 Å². The van der Waals surface area contributed by atoms with Crippen LogP contribution in [-0.2, 0) is 0 Å². The van der Waals surface area contributed by atoms with E-state index < -0.39 is 0 Å². The molecular formula is C19H21FN2O. The second-order valence-electron chi connectivity index (χ2n) is 6.05. The van der Waals surface area contributed by atoms with E-state index in [-0.39, 0.29) is 11.7 Å². The molecule has 3 nitrogen and oxygen atoms in total. The van der Waals surface area contributed by atoms with E-state index in [1.165, 1.54) is 28.9 Å². The van der Waals surface area contributed by atoms with Crippen LogP contribution in [0, 0.1) is 19.7 Å². The van der Waals surface area contributed by atoms with E-state index in [0.29, 0.717) is 18.7 Å². The zero-order valence-corrected chi connectivity index (χ0v) is 13.6. The fraction of sp³-hybridized carbons (Fsp3) is 0.316. The molecule has 1 aliphatic heterocycles. The summed E-state index contributed by atoms with van der Waals surface area (Å²) < 4.78 is 13.0. The number of carbonyl (C=O) groups excluding carboxylic acids is 1. The lowest BCUT2D eigenvalue weighted by Gasteiger charge is -2.36. The van der Waals surface area contributed by atoms with Crippen molar-refractivity contribution in [2.75, 3.05) is 31.1 Å². The van der Waals surface area contributed by atoms with Crippen LogP contribution in [0.25, 0.3) is 0 Å². The Morgan fingerprint density at radius 2 is 1.57 bits per heavy atom. The molecule has 1 saturated heterocycles. The predicted molar refractivity (Wildman–Crippen MR) is 90.4 cm³/mol. The van der Waals surface area contributed by atoms with Crippen molar-refractivity contribution in [3.8, 4) is 0 Å². The Balaban J connectivity index is 1.64. The first-order chi connectivity index (χ1) is 11.0. The molecule has 2 aromatic rings. The van der Waals surface area contributed by atoms with Crippen LogP contribution in [0.2, 0.25) is 0 Å². The maximum atomic E-state index is 13.0. The van der Waals surface area contributed by atoms with Gasteiger partial charge in [-0.05, 0) is 61.4 Å². The maximum absolute atomic E-state index is 13.0. The van der Waals surface area contributed by atoms with E-state index >= 15 is 0 Å². The number of amides is 1. The van der Waals surface area contributed by atoms with Crippen LogP contribution in [0.4, 0.5) is 10.1 Å². The van der Waals surface area contributed by atoms with E-state index in [9.17, 15) is 9.18 Å². The fourth-order valence-corrected chi connectivity index (χ4v) is 2.87. The van der Waals surface area contributed by atoms with Crippen LogP contribution >= 0.6 is 0 Å². The van der Waals surface area contributed by atoms with Crippen molar-refractivity contribution in [1.82, 2.24) is 4.90 Å². The number of piperazine rings is 1.